The molecule has 0 saturated heterocycles. The second-order valence-electron chi connectivity index (χ2n) is 5.71. The highest BCUT2D eigenvalue weighted by molar-refractivity contribution is 5.28. The summed E-state index contributed by atoms with van der Waals surface area (Å²) in [5, 5.41) is 3.55. The predicted octanol–water partition coefficient (Wildman–Crippen LogP) is 2.84. The van der Waals surface area contributed by atoms with Gasteiger partial charge in [-0.25, -0.2) is 9.97 Å². The van der Waals surface area contributed by atoms with Crippen LogP contribution in [0, 0.1) is 12.8 Å². The summed E-state index contributed by atoms with van der Waals surface area (Å²) < 4.78 is 0. The molecule has 0 radical (unpaired) electrons. The molecule has 0 amide bonds. The minimum atomic E-state index is 0.762. The molecule has 2 rings (SSSR count). The van der Waals surface area contributed by atoms with Crippen LogP contribution < -0.4 is 5.32 Å². The molecular formula is C16H27N3. The zero-order chi connectivity index (χ0) is 13.7. The predicted molar refractivity (Wildman–Crippen MR) is 79.4 cm³/mol. The van der Waals surface area contributed by atoms with Crippen LogP contribution in [0.15, 0.2) is 0 Å². The van der Waals surface area contributed by atoms with Gasteiger partial charge in [0, 0.05) is 17.8 Å². The highest BCUT2D eigenvalue weighted by Crippen LogP contribution is 2.26. The first kappa shape index (κ1) is 14.4. The summed E-state index contributed by atoms with van der Waals surface area (Å²) in [5.41, 5.74) is 3.96. The number of fused-ring (bicyclic) bond motifs is 1. The maximum absolute atomic E-state index is 4.76. The van der Waals surface area contributed by atoms with E-state index in [1.807, 2.05) is 0 Å². The summed E-state index contributed by atoms with van der Waals surface area (Å²) in [7, 11) is 0. The molecule has 1 aliphatic rings. The second-order valence-corrected chi connectivity index (χ2v) is 5.71. The van der Waals surface area contributed by atoms with Crippen molar-refractivity contribution in [2.24, 2.45) is 5.92 Å². The van der Waals surface area contributed by atoms with Crippen molar-refractivity contribution in [3.63, 3.8) is 0 Å². The zero-order valence-electron chi connectivity index (χ0n) is 12.6. The summed E-state index contributed by atoms with van der Waals surface area (Å²) in [6, 6.07) is 0. The third-order valence-corrected chi connectivity index (χ3v) is 3.96. The second kappa shape index (κ2) is 6.99. The summed E-state index contributed by atoms with van der Waals surface area (Å²) >= 11 is 0. The maximum Gasteiger partial charge on any atom is 0.128 e. The molecule has 19 heavy (non-hydrogen) atoms. The van der Waals surface area contributed by atoms with E-state index >= 15 is 0 Å². The number of nitrogens with one attached hydrogen (secondary N) is 1. The summed E-state index contributed by atoms with van der Waals surface area (Å²) in [6.07, 6.45) is 6.91. The van der Waals surface area contributed by atoms with Gasteiger partial charge in [-0.3, -0.25) is 0 Å². The molecule has 1 aromatic heterocycles. The van der Waals surface area contributed by atoms with Gasteiger partial charge in [0.2, 0.25) is 0 Å². The van der Waals surface area contributed by atoms with Gasteiger partial charge in [0.25, 0.3) is 0 Å². The number of nitrogens with zero attached hydrogens (tertiary/aromatic N) is 2. The standard InChI is InChI=1S/C16H27N3/c1-4-6-16-18-12(3)14-10-13(11-17-9-5-2)7-8-15(14)19-16/h13,17H,4-11H2,1-3H3. The lowest BCUT2D eigenvalue weighted by atomic mass is 9.85. The van der Waals surface area contributed by atoms with E-state index in [0.717, 1.165) is 50.5 Å². The fourth-order valence-electron chi connectivity index (χ4n) is 2.91. The van der Waals surface area contributed by atoms with Gasteiger partial charge < -0.3 is 5.32 Å². The van der Waals surface area contributed by atoms with Crippen molar-refractivity contribution in [2.45, 2.75) is 59.3 Å². The number of aryl methyl sites for hydroxylation is 3. The van der Waals surface area contributed by atoms with Crippen molar-refractivity contribution in [3.05, 3.63) is 22.8 Å². The highest BCUT2D eigenvalue weighted by Gasteiger charge is 2.22. The monoisotopic (exact) mass is 261 g/mol. The third kappa shape index (κ3) is 3.75. The Labute approximate surface area is 117 Å². The molecule has 0 aliphatic heterocycles. The minimum Gasteiger partial charge on any atom is -0.316 e. The lowest BCUT2D eigenvalue weighted by molar-refractivity contribution is 0.417. The van der Waals surface area contributed by atoms with E-state index in [9.17, 15) is 0 Å². The quantitative estimate of drug-likeness (QED) is 0.800. The summed E-state index contributed by atoms with van der Waals surface area (Å²) in [6.45, 7) is 8.84. The third-order valence-electron chi connectivity index (χ3n) is 3.96. The zero-order valence-corrected chi connectivity index (χ0v) is 12.6. The van der Waals surface area contributed by atoms with Crippen LogP contribution in [0.25, 0.3) is 0 Å². The van der Waals surface area contributed by atoms with Gasteiger partial charge in [-0.1, -0.05) is 13.8 Å². The molecule has 3 nitrogen and oxygen atoms in total. The van der Waals surface area contributed by atoms with Gasteiger partial charge in [-0.05, 0) is 63.6 Å². The van der Waals surface area contributed by atoms with Crippen LogP contribution in [0.5, 0.6) is 0 Å². The first-order chi connectivity index (χ1) is 9.24. The van der Waals surface area contributed by atoms with Crippen LogP contribution in [0.4, 0.5) is 0 Å². The van der Waals surface area contributed by atoms with Crippen LogP contribution in [0.1, 0.15) is 55.9 Å². The first-order valence-electron chi connectivity index (χ1n) is 7.80. The average Bonchev–Trinajstić information content (AvgIpc) is 2.40. The number of hydrogen-bond acceptors (Lipinski definition) is 3. The smallest absolute Gasteiger partial charge is 0.128 e. The molecule has 1 unspecified atom stereocenters. The van der Waals surface area contributed by atoms with E-state index in [0.29, 0.717) is 0 Å². The first-order valence-corrected chi connectivity index (χ1v) is 7.80. The van der Waals surface area contributed by atoms with E-state index in [1.54, 1.807) is 0 Å². The molecule has 1 atom stereocenters. The summed E-state index contributed by atoms with van der Waals surface area (Å²) in [4.78, 5) is 9.44. The van der Waals surface area contributed by atoms with Crippen LogP contribution in [-0.4, -0.2) is 23.1 Å². The SMILES string of the molecule is CCCNCC1CCc2nc(CCC)nc(C)c2C1. The molecule has 0 bridgehead atoms. The lowest BCUT2D eigenvalue weighted by Crippen LogP contribution is -2.29. The van der Waals surface area contributed by atoms with Gasteiger partial charge in [0.05, 0.1) is 0 Å². The van der Waals surface area contributed by atoms with Gasteiger partial charge in [-0.15, -0.1) is 0 Å². The molecule has 106 valence electrons. The average molecular weight is 261 g/mol. The van der Waals surface area contributed by atoms with Gasteiger partial charge in [0.1, 0.15) is 5.82 Å². The Morgan fingerprint density at radius 1 is 1.21 bits per heavy atom. The van der Waals surface area contributed by atoms with Crippen LogP contribution in [0.3, 0.4) is 0 Å². The van der Waals surface area contributed by atoms with Crippen LogP contribution in [-0.2, 0) is 19.3 Å². The van der Waals surface area contributed by atoms with Crippen molar-refractivity contribution in [3.8, 4) is 0 Å². The van der Waals surface area contributed by atoms with E-state index in [-0.39, 0.29) is 0 Å². The lowest BCUT2D eigenvalue weighted by Gasteiger charge is -2.25. The number of aromatic nitrogens is 2. The largest absolute Gasteiger partial charge is 0.316 e. The summed E-state index contributed by atoms with van der Waals surface area (Å²) in [5.74, 6) is 1.81. The number of hydrogen-bond donors (Lipinski definition) is 1. The maximum atomic E-state index is 4.76. The molecule has 1 aliphatic carbocycles. The molecule has 1 heterocycles. The fourth-order valence-corrected chi connectivity index (χ4v) is 2.91. The van der Waals surface area contributed by atoms with E-state index in [4.69, 9.17) is 4.98 Å². The molecule has 0 spiro atoms. The molecule has 0 aromatic carbocycles. The van der Waals surface area contributed by atoms with Gasteiger partial charge in [-0.2, -0.15) is 0 Å². The van der Waals surface area contributed by atoms with E-state index in [2.05, 4.69) is 31.1 Å². The van der Waals surface area contributed by atoms with Crippen molar-refractivity contribution in [2.75, 3.05) is 13.1 Å². The topological polar surface area (TPSA) is 37.8 Å². The molecule has 0 fully saturated rings. The molecule has 3 heteroatoms. The van der Waals surface area contributed by atoms with E-state index < -0.39 is 0 Å². The molecule has 1 N–H and O–H groups in total. The normalized spacial score (nSPS) is 18.4. The van der Waals surface area contributed by atoms with Crippen molar-refractivity contribution >= 4 is 0 Å². The Hall–Kier alpha value is -0.960. The van der Waals surface area contributed by atoms with Crippen molar-refractivity contribution in [1.29, 1.82) is 0 Å². The highest BCUT2D eigenvalue weighted by atomic mass is 14.9. The van der Waals surface area contributed by atoms with Crippen LogP contribution >= 0.6 is 0 Å². The number of rotatable bonds is 6. The van der Waals surface area contributed by atoms with Gasteiger partial charge >= 0.3 is 0 Å². The Kier molecular flexibility index (Phi) is 5.32. The minimum absolute atomic E-state index is 0.762. The van der Waals surface area contributed by atoms with Crippen molar-refractivity contribution in [1.82, 2.24) is 15.3 Å². The van der Waals surface area contributed by atoms with Crippen molar-refractivity contribution < 1.29 is 0 Å². The van der Waals surface area contributed by atoms with Crippen LogP contribution in [0.2, 0.25) is 0 Å². The van der Waals surface area contributed by atoms with Gasteiger partial charge in [0.15, 0.2) is 0 Å². The Morgan fingerprint density at radius 3 is 2.79 bits per heavy atom. The fraction of sp³-hybridized carbons (Fsp3) is 0.750. The Balaban J connectivity index is 2.04. The van der Waals surface area contributed by atoms with E-state index in [1.165, 1.54) is 29.8 Å². The Morgan fingerprint density at radius 2 is 2.05 bits per heavy atom. The molecular weight excluding hydrogens is 234 g/mol. The Bertz CT molecular complexity index is 415. The molecule has 1 aromatic rings. The molecule has 0 saturated carbocycles.